The average molecular weight is 229 g/mol. The molecule has 0 aromatic rings. The van der Waals surface area contributed by atoms with Crippen molar-refractivity contribution in [1.29, 1.82) is 0 Å². The van der Waals surface area contributed by atoms with Crippen LogP contribution in [0, 0.1) is 0 Å². The molecule has 0 amide bonds. The minimum atomic E-state index is 0.564. The Morgan fingerprint density at radius 2 is 2.07 bits per heavy atom. The van der Waals surface area contributed by atoms with Crippen LogP contribution in [0.5, 0.6) is 0 Å². The van der Waals surface area contributed by atoms with Gasteiger partial charge in [0.2, 0.25) is 0 Å². The molecule has 2 aliphatic rings. The van der Waals surface area contributed by atoms with E-state index in [1.807, 2.05) is 11.8 Å². The number of thioether (sulfide) groups is 1. The van der Waals surface area contributed by atoms with Gasteiger partial charge in [0, 0.05) is 17.8 Å². The second-order valence-corrected chi connectivity index (χ2v) is 5.93. The predicted molar refractivity (Wildman–Crippen MR) is 66.5 cm³/mol. The molecule has 15 heavy (non-hydrogen) atoms. The van der Waals surface area contributed by atoms with E-state index in [0.29, 0.717) is 12.1 Å². The van der Waals surface area contributed by atoms with Crippen LogP contribution >= 0.6 is 11.8 Å². The maximum atomic E-state index is 5.99. The predicted octanol–water partition coefficient (Wildman–Crippen LogP) is 2.43. The van der Waals surface area contributed by atoms with Crippen LogP contribution in [0.4, 0.5) is 0 Å². The molecule has 1 N–H and O–H groups in total. The standard InChI is InChI=1S/C12H23NOS/c1-15-12-7-10(13-8-12)9-14-11-5-3-2-4-6-11/h10-13H,2-9H2,1H3. The lowest BCUT2D eigenvalue weighted by molar-refractivity contribution is 0.0184. The van der Waals surface area contributed by atoms with Crippen LogP contribution in [0.2, 0.25) is 0 Å². The number of nitrogens with one attached hydrogen (secondary N) is 1. The van der Waals surface area contributed by atoms with Gasteiger partial charge in [-0.15, -0.1) is 0 Å². The normalized spacial score (nSPS) is 33.4. The minimum Gasteiger partial charge on any atom is -0.377 e. The van der Waals surface area contributed by atoms with E-state index >= 15 is 0 Å². The van der Waals surface area contributed by atoms with Crippen molar-refractivity contribution in [3.05, 3.63) is 0 Å². The van der Waals surface area contributed by atoms with E-state index in [-0.39, 0.29) is 0 Å². The van der Waals surface area contributed by atoms with Crippen LogP contribution in [0.3, 0.4) is 0 Å². The summed E-state index contributed by atoms with van der Waals surface area (Å²) in [7, 11) is 0. The van der Waals surface area contributed by atoms with Crippen LogP contribution in [-0.4, -0.2) is 36.8 Å². The van der Waals surface area contributed by atoms with E-state index < -0.39 is 0 Å². The van der Waals surface area contributed by atoms with Crippen LogP contribution in [0.15, 0.2) is 0 Å². The van der Waals surface area contributed by atoms with Crippen LogP contribution in [0.25, 0.3) is 0 Å². The summed E-state index contributed by atoms with van der Waals surface area (Å²) in [5.41, 5.74) is 0. The fourth-order valence-corrected chi connectivity index (χ4v) is 3.26. The molecular weight excluding hydrogens is 206 g/mol. The van der Waals surface area contributed by atoms with Gasteiger partial charge in [0.15, 0.2) is 0 Å². The zero-order valence-electron chi connectivity index (χ0n) is 9.71. The molecule has 3 heteroatoms. The number of rotatable bonds is 4. The quantitative estimate of drug-likeness (QED) is 0.800. The average Bonchev–Trinajstić information content (AvgIpc) is 2.76. The smallest absolute Gasteiger partial charge is 0.0623 e. The fraction of sp³-hybridized carbons (Fsp3) is 1.00. The van der Waals surface area contributed by atoms with Gasteiger partial charge in [-0.25, -0.2) is 0 Å². The Morgan fingerprint density at radius 1 is 1.27 bits per heavy atom. The number of hydrogen-bond donors (Lipinski definition) is 1. The van der Waals surface area contributed by atoms with E-state index in [2.05, 4.69) is 11.6 Å². The molecule has 0 bridgehead atoms. The Labute approximate surface area is 97.5 Å². The van der Waals surface area contributed by atoms with Crippen LogP contribution in [0.1, 0.15) is 38.5 Å². The first kappa shape index (κ1) is 11.7. The summed E-state index contributed by atoms with van der Waals surface area (Å²) in [5, 5.41) is 4.36. The first-order valence-electron chi connectivity index (χ1n) is 6.26. The van der Waals surface area contributed by atoms with Gasteiger partial charge in [0.1, 0.15) is 0 Å². The van der Waals surface area contributed by atoms with E-state index in [1.165, 1.54) is 45.1 Å². The molecule has 2 atom stereocenters. The fourth-order valence-electron chi connectivity index (χ4n) is 2.57. The third-order valence-corrected chi connectivity index (χ3v) is 4.63. The highest BCUT2D eigenvalue weighted by atomic mass is 32.2. The van der Waals surface area contributed by atoms with E-state index in [0.717, 1.165) is 11.9 Å². The lowest BCUT2D eigenvalue weighted by atomic mass is 9.98. The summed E-state index contributed by atoms with van der Waals surface area (Å²) in [6.07, 6.45) is 10.8. The van der Waals surface area contributed by atoms with Gasteiger partial charge in [0.05, 0.1) is 12.7 Å². The van der Waals surface area contributed by atoms with Crippen molar-refractivity contribution >= 4 is 11.8 Å². The molecule has 1 saturated carbocycles. The molecule has 0 radical (unpaired) electrons. The van der Waals surface area contributed by atoms with E-state index in [1.54, 1.807) is 0 Å². The highest BCUT2D eigenvalue weighted by Gasteiger charge is 2.24. The zero-order valence-corrected chi connectivity index (χ0v) is 10.5. The summed E-state index contributed by atoms with van der Waals surface area (Å²) in [6.45, 7) is 2.10. The lowest BCUT2D eigenvalue weighted by Crippen LogP contribution is -2.30. The minimum absolute atomic E-state index is 0.564. The summed E-state index contributed by atoms with van der Waals surface area (Å²) in [4.78, 5) is 0. The Balaban J connectivity index is 1.61. The van der Waals surface area contributed by atoms with Gasteiger partial charge in [-0.3, -0.25) is 0 Å². The number of ether oxygens (including phenoxy) is 1. The highest BCUT2D eigenvalue weighted by molar-refractivity contribution is 7.99. The lowest BCUT2D eigenvalue weighted by Gasteiger charge is -2.23. The van der Waals surface area contributed by atoms with Crippen LogP contribution < -0.4 is 5.32 Å². The monoisotopic (exact) mass is 229 g/mol. The van der Waals surface area contributed by atoms with Crippen LogP contribution in [-0.2, 0) is 4.74 Å². The molecule has 1 heterocycles. The van der Waals surface area contributed by atoms with Gasteiger partial charge in [-0.05, 0) is 25.5 Å². The second-order valence-electron chi connectivity index (χ2n) is 4.79. The largest absolute Gasteiger partial charge is 0.377 e. The molecule has 88 valence electrons. The van der Waals surface area contributed by atoms with Crippen molar-refractivity contribution in [2.24, 2.45) is 0 Å². The first-order valence-corrected chi connectivity index (χ1v) is 7.55. The van der Waals surface area contributed by atoms with Gasteiger partial charge < -0.3 is 10.1 Å². The Hall–Kier alpha value is 0.270. The summed E-state index contributed by atoms with van der Waals surface area (Å²) >= 11 is 1.98. The molecule has 2 fully saturated rings. The zero-order chi connectivity index (χ0) is 10.5. The molecule has 2 unspecified atom stereocenters. The molecule has 0 aromatic carbocycles. The van der Waals surface area contributed by atoms with Crippen molar-refractivity contribution in [3.8, 4) is 0 Å². The van der Waals surface area contributed by atoms with Gasteiger partial charge in [-0.1, -0.05) is 19.3 Å². The molecule has 1 saturated heterocycles. The maximum absolute atomic E-state index is 5.99. The SMILES string of the molecule is CSC1CNC(COC2CCCCC2)C1. The summed E-state index contributed by atoms with van der Waals surface area (Å²) in [5.74, 6) is 0. The molecule has 2 rings (SSSR count). The molecular formula is C12H23NOS. The molecule has 0 aromatic heterocycles. The third-order valence-electron chi connectivity index (χ3n) is 3.60. The van der Waals surface area contributed by atoms with Gasteiger partial charge in [-0.2, -0.15) is 11.8 Å². The molecule has 2 nitrogen and oxygen atoms in total. The van der Waals surface area contributed by atoms with Crippen molar-refractivity contribution < 1.29 is 4.74 Å². The van der Waals surface area contributed by atoms with Gasteiger partial charge >= 0.3 is 0 Å². The first-order chi connectivity index (χ1) is 7.38. The Morgan fingerprint density at radius 3 is 2.73 bits per heavy atom. The summed E-state index contributed by atoms with van der Waals surface area (Å²) < 4.78 is 5.99. The third kappa shape index (κ3) is 3.65. The van der Waals surface area contributed by atoms with E-state index in [9.17, 15) is 0 Å². The van der Waals surface area contributed by atoms with E-state index in [4.69, 9.17) is 4.74 Å². The maximum Gasteiger partial charge on any atom is 0.0623 e. The molecule has 0 spiro atoms. The topological polar surface area (TPSA) is 21.3 Å². The highest BCUT2D eigenvalue weighted by Crippen LogP contribution is 2.22. The Kier molecular flexibility index (Phi) is 4.79. The van der Waals surface area contributed by atoms with Crippen molar-refractivity contribution in [1.82, 2.24) is 5.32 Å². The van der Waals surface area contributed by atoms with Crippen molar-refractivity contribution in [2.75, 3.05) is 19.4 Å². The second kappa shape index (κ2) is 6.12. The van der Waals surface area contributed by atoms with Crippen molar-refractivity contribution in [3.63, 3.8) is 0 Å². The van der Waals surface area contributed by atoms with Crippen molar-refractivity contribution in [2.45, 2.75) is 55.9 Å². The number of hydrogen-bond acceptors (Lipinski definition) is 3. The summed E-state index contributed by atoms with van der Waals surface area (Å²) in [6, 6.07) is 0.615. The Bertz CT molecular complexity index is 182. The van der Waals surface area contributed by atoms with Gasteiger partial charge in [0.25, 0.3) is 0 Å². The molecule has 1 aliphatic carbocycles. The molecule has 1 aliphatic heterocycles.